The van der Waals surface area contributed by atoms with Crippen molar-refractivity contribution in [2.45, 2.75) is 10.1 Å². The number of carbonyl (C=O) groups is 1. The summed E-state index contributed by atoms with van der Waals surface area (Å²) < 4.78 is 28.4. The van der Waals surface area contributed by atoms with E-state index >= 15 is 0 Å². The lowest BCUT2D eigenvalue weighted by molar-refractivity contribution is 0.0876. The first-order valence-electron chi connectivity index (χ1n) is 9.41. The summed E-state index contributed by atoms with van der Waals surface area (Å²) in [6.45, 7) is 0.0521. The molecule has 10 heteroatoms. The van der Waals surface area contributed by atoms with Gasteiger partial charge in [0.2, 0.25) is 0 Å². The smallest absolute Gasteiger partial charge is 0.269 e. The van der Waals surface area contributed by atoms with Gasteiger partial charge in [0.05, 0.1) is 10.4 Å². The molecule has 0 atom stereocenters. The zero-order chi connectivity index (χ0) is 21.4. The minimum absolute atomic E-state index is 0.0521. The average molecular weight is 469 g/mol. The Labute approximate surface area is 187 Å². The van der Waals surface area contributed by atoms with Gasteiger partial charge >= 0.3 is 0 Å². The van der Waals surface area contributed by atoms with Gasteiger partial charge in [0.25, 0.3) is 15.9 Å². The van der Waals surface area contributed by atoms with Crippen molar-refractivity contribution in [2.24, 2.45) is 0 Å². The molecule has 0 saturated carbocycles. The molecule has 31 heavy (non-hydrogen) atoms. The zero-order valence-corrected chi connectivity index (χ0v) is 18.5. The second-order valence-electron chi connectivity index (χ2n) is 6.68. The van der Waals surface area contributed by atoms with Gasteiger partial charge in [0.15, 0.2) is 11.0 Å². The summed E-state index contributed by atoms with van der Waals surface area (Å²) in [4.78, 5) is 13.7. The SMILES string of the molecule is O=C1c2ccccc2S(=O)(=O)N1CCSc1nnc(-c2cccs2)n1-c1ccccc1. The number of benzene rings is 2. The van der Waals surface area contributed by atoms with Crippen LogP contribution in [0.1, 0.15) is 10.4 Å². The minimum atomic E-state index is -3.81. The van der Waals surface area contributed by atoms with Gasteiger partial charge in [-0.3, -0.25) is 9.36 Å². The van der Waals surface area contributed by atoms with Gasteiger partial charge < -0.3 is 0 Å². The maximum Gasteiger partial charge on any atom is 0.269 e. The van der Waals surface area contributed by atoms with Gasteiger partial charge in [0.1, 0.15) is 4.90 Å². The van der Waals surface area contributed by atoms with Crippen LogP contribution in [0.2, 0.25) is 0 Å². The number of para-hydroxylation sites is 1. The van der Waals surface area contributed by atoms with Crippen LogP contribution in [-0.2, 0) is 10.0 Å². The van der Waals surface area contributed by atoms with Gasteiger partial charge in [-0.25, -0.2) is 12.7 Å². The highest BCUT2D eigenvalue weighted by atomic mass is 32.2. The molecule has 0 spiro atoms. The molecule has 2 aromatic heterocycles. The summed E-state index contributed by atoms with van der Waals surface area (Å²) >= 11 is 2.93. The molecule has 2 aromatic carbocycles. The van der Waals surface area contributed by atoms with Gasteiger partial charge in [0, 0.05) is 18.0 Å². The van der Waals surface area contributed by atoms with E-state index in [1.165, 1.54) is 17.8 Å². The highest BCUT2D eigenvalue weighted by Gasteiger charge is 2.40. The summed E-state index contributed by atoms with van der Waals surface area (Å²) in [5.41, 5.74) is 1.13. The molecule has 5 rings (SSSR count). The van der Waals surface area contributed by atoms with Crippen LogP contribution in [0.3, 0.4) is 0 Å². The Kier molecular flexibility index (Phi) is 5.12. The van der Waals surface area contributed by atoms with Gasteiger partial charge in [-0.2, -0.15) is 0 Å². The number of thioether (sulfide) groups is 1. The molecule has 0 radical (unpaired) electrons. The van der Waals surface area contributed by atoms with Crippen molar-refractivity contribution >= 4 is 39.0 Å². The third kappa shape index (κ3) is 3.46. The van der Waals surface area contributed by atoms with Gasteiger partial charge in [-0.05, 0) is 35.7 Å². The maximum atomic E-state index is 12.7. The molecular formula is C21H16N4O3S3. The predicted octanol–water partition coefficient (Wildman–Crippen LogP) is 3.93. The molecular weight excluding hydrogens is 452 g/mol. The van der Waals surface area contributed by atoms with Crippen LogP contribution < -0.4 is 0 Å². The van der Waals surface area contributed by atoms with E-state index in [0.717, 1.165) is 20.7 Å². The van der Waals surface area contributed by atoms with E-state index < -0.39 is 15.9 Å². The Balaban J connectivity index is 1.40. The Morgan fingerprint density at radius 3 is 2.45 bits per heavy atom. The summed E-state index contributed by atoms with van der Waals surface area (Å²) in [5.74, 6) is 0.593. The third-order valence-electron chi connectivity index (χ3n) is 4.83. The van der Waals surface area contributed by atoms with Crippen molar-refractivity contribution in [1.82, 2.24) is 19.1 Å². The third-order valence-corrected chi connectivity index (χ3v) is 8.44. The van der Waals surface area contributed by atoms with E-state index in [4.69, 9.17) is 0 Å². The Bertz CT molecular complexity index is 1350. The van der Waals surface area contributed by atoms with Crippen molar-refractivity contribution in [1.29, 1.82) is 0 Å². The molecule has 1 aliphatic rings. The molecule has 0 N–H and O–H groups in total. The van der Waals surface area contributed by atoms with E-state index in [1.54, 1.807) is 29.5 Å². The Morgan fingerprint density at radius 1 is 0.935 bits per heavy atom. The molecule has 0 bridgehead atoms. The van der Waals surface area contributed by atoms with Crippen LogP contribution in [0.4, 0.5) is 0 Å². The molecule has 3 heterocycles. The van der Waals surface area contributed by atoms with Crippen LogP contribution in [-0.4, -0.2) is 45.7 Å². The van der Waals surface area contributed by atoms with Crippen LogP contribution in [0.25, 0.3) is 16.4 Å². The average Bonchev–Trinajstić information content (AvgIpc) is 3.50. The van der Waals surface area contributed by atoms with Crippen LogP contribution in [0, 0.1) is 0 Å². The molecule has 0 saturated heterocycles. The number of nitrogens with zero attached hydrogens (tertiary/aromatic N) is 4. The summed E-state index contributed by atoms with van der Waals surface area (Å²) in [7, 11) is -3.81. The number of hydrogen-bond acceptors (Lipinski definition) is 7. The molecule has 156 valence electrons. The standard InChI is InChI=1S/C21H16N4O3S3/c26-20-16-9-4-5-11-18(16)31(27,28)24(20)12-14-30-21-23-22-19(17-10-6-13-29-17)25(21)15-7-2-1-3-8-15/h1-11,13H,12,14H2. The van der Waals surface area contributed by atoms with Crippen molar-refractivity contribution in [2.75, 3.05) is 12.3 Å². The van der Waals surface area contributed by atoms with E-state index in [2.05, 4.69) is 10.2 Å². The van der Waals surface area contributed by atoms with Gasteiger partial charge in [-0.15, -0.1) is 21.5 Å². The fourth-order valence-electron chi connectivity index (χ4n) is 3.41. The van der Waals surface area contributed by atoms with Crippen molar-refractivity contribution in [3.63, 3.8) is 0 Å². The molecule has 1 amide bonds. The van der Waals surface area contributed by atoms with Gasteiger partial charge in [-0.1, -0.05) is 48.2 Å². The minimum Gasteiger partial charge on any atom is -0.269 e. The molecule has 4 aromatic rings. The summed E-state index contributed by atoms with van der Waals surface area (Å²) in [6, 6.07) is 20.0. The van der Waals surface area contributed by atoms with Crippen LogP contribution in [0.5, 0.6) is 0 Å². The lowest BCUT2D eigenvalue weighted by atomic mass is 10.2. The van der Waals surface area contributed by atoms with E-state index in [9.17, 15) is 13.2 Å². The number of sulfonamides is 1. The second kappa shape index (κ2) is 7.95. The van der Waals surface area contributed by atoms with Crippen LogP contribution >= 0.6 is 23.1 Å². The molecule has 0 aliphatic carbocycles. The monoisotopic (exact) mass is 468 g/mol. The Morgan fingerprint density at radius 2 is 1.71 bits per heavy atom. The number of thiophene rings is 1. The Hall–Kier alpha value is -2.95. The lowest BCUT2D eigenvalue weighted by Gasteiger charge is -2.15. The fraction of sp³-hybridized carbons (Fsp3) is 0.0952. The van der Waals surface area contributed by atoms with E-state index in [1.807, 2.05) is 52.4 Å². The lowest BCUT2D eigenvalue weighted by Crippen LogP contribution is -2.32. The van der Waals surface area contributed by atoms with Crippen LogP contribution in [0.15, 0.2) is 82.2 Å². The normalized spacial score (nSPS) is 14.7. The quantitative estimate of drug-likeness (QED) is 0.399. The second-order valence-corrected chi connectivity index (χ2v) is 10.5. The molecule has 1 aliphatic heterocycles. The largest absolute Gasteiger partial charge is 0.269 e. The van der Waals surface area contributed by atoms with Crippen molar-refractivity contribution < 1.29 is 13.2 Å². The van der Waals surface area contributed by atoms with Crippen molar-refractivity contribution in [3.05, 3.63) is 77.7 Å². The molecule has 0 fully saturated rings. The number of aromatic nitrogens is 3. The first-order valence-corrected chi connectivity index (χ1v) is 12.7. The zero-order valence-electron chi connectivity index (χ0n) is 16.1. The first kappa shape index (κ1) is 20.0. The topological polar surface area (TPSA) is 85.2 Å². The fourth-order valence-corrected chi connectivity index (χ4v) is 6.67. The van der Waals surface area contributed by atoms with E-state index in [-0.39, 0.29) is 17.0 Å². The summed E-state index contributed by atoms with van der Waals surface area (Å²) in [5, 5.41) is 11.3. The first-order chi connectivity index (χ1) is 15.1. The predicted molar refractivity (Wildman–Crippen MR) is 120 cm³/mol. The van der Waals surface area contributed by atoms with Crippen molar-refractivity contribution in [3.8, 4) is 16.4 Å². The highest BCUT2D eigenvalue weighted by Crippen LogP contribution is 2.32. The maximum absolute atomic E-state index is 12.7. The number of carbonyl (C=O) groups excluding carboxylic acids is 1. The summed E-state index contributed by atoms with van der Waals surface area (Å²) in [6.07, 6.45) is 0. The number of amides is 1. The number of fused-ring (bicyclic) bond motifs is 1. The highest BCUT2D eigenvalue weighted by molar-refractivity contribution is 7.99. The van der Waals surface area contributed by atoms with E-state index in [0.29, 0.717) is 10.9 Å². The molecule has 0 unspecified atom stereocenters. The molecule has 7 nitrogen and oxygen atoms in total. The number of rotatable bonds is 6. The number of hydrogen-bond donors (Lipinski definition) is 0.